The average Bonchev–Trinajstić information content (AvgIpc) is 2.57. The first kappa shape index (κ1) is 22.1. The van der Waals surface area contributed by atoms with Crippen LogP contribution in [0.3, 0.4) is 0 Å². The van der Waals surface area contributed by atoms with Crippen LogP contribution in [0, 0.1) is 12.3 Å². The van der Waals surface area contributed by atoms with Crippen molar-refractivity contribution in [2.24, 2.45) is 0 Å². The Morgan fingerprint density at radius 1 is 1.04 bits per heavy atom. The molecule has 6 heteroatoms. The first-order valence-electron chi connectivity index (χ1n) is 8.76. The predicted octanol–water partition coefficient (Wildman–Crippen LogP) is 3.12. The van der Waals surface area contributed by atoms with E-state index in [2.05, 4.69) is 32.0 Å². The van der Waals surface area contributed by atoms with Crippen molar-refractivity contribution in [3.63, 3.8) is 0 Å². The molecule has 0 fully saturated rings. The van der Waals surface area contributed by atoms with Crippen LogP contribution >= 0.6 is 0 Å². The zero-order valence-corrected chi connectivity index (χ0v) is 16.0. The summed E-state index contributed by atoms with van der Waals surface area (Å²) in [5.74, 6) is 2.46. The third-order valence-corrected chi connectivity index (χ3v) is 5.95. The highest BCUT2D eigenvalue weighted by Crippen LogP contribution is 2.19. The molecular formula is C17H33NO4Si. The van der Waals surface area contributed by atoms with Crippen LogP contribution in [0.1, 0.15) is 59.3 Å². The van der Waals surface area contributed by atoms with Gasteiger partial charge < -0.3 is 18.6 Å². The van der Waals surface area contributed by atoms with Crippen molar-refractivity contribution in [3.8, 4) is 12.3 Å². The molecular weight excluding hydrogens is 310 g/mol. The van der Waals surface area contributed by atoms with Crippen LogP contribution in [0.2, 0.25) is 6.04 Å². The van der Waals surface area contributed by atoms with Crippen molar-refractivity contribution in [2.75, 3.05) is 26.4 Å². The summed E-state index contributed by atoms with van der Waals surface area (Å²) in [4.78, 5) is 11.6. The van der Waals surface area contributed by atoms with Gasteiger partial charge in [-0.05, 0) is 25.7 Å². The van der Waals surface area contributed by atoms with E-state index in [0.717, 1.165) is 31.7 Å². The van der Waals surface area contributed by atoms with E-state index in [4.69, 9.17) is 19.7 Å². The monoisotopic (exact) mass is 343 g/mol. The lowest BCUT2D eigenvalue weighted by Gasteiger charge is -2.29. The maximum atomic E-state index is 11.6. The molecule has 0 spiro atoms. The van der Waals surface area contributed by atoms with E-state index in [9.17, 15) is 4.79 Å². The van der Waals surface area contributed by atoms with Gasteiger partial charge >= 0.3 is 8.80 Å². The fourth-order valence-electron chi connectivity index (χ4n) is 1.92. The standard InChI is InChI=1S/C17H33NO4Si/c1-5-9-11-17(19)18-12-10-16-23(20-13-6-2,21-14-7-3)22-15-8-4/h1H,6-16H2,2-4H3,(H,18,19). The van der Waals surface area contributed by atoms with Gasteiger partial charge in [0.1, 0.15) is 0 Å². The van der Waals surface area contributed by atoms with E-state index in [1.54, 1.807) is 0 Å². The lowest BCUT2D eigenvalue weighted by Crippen LogP contribution is -2.47. The number of carbonyl (C=O) groups excluding carboxylic acids is 1. The van der Waals surface area contributed by atoms with Crippen LogP contribution in [0.5, 0.6) is 0 Å². The first-order chi connectivity index (χ1) is 11.1. The van der Waals surface area contributed by atoms with Gasteiger partial charge in [-0.15, -0.1) is 12.3 Å². The Bertz CT molecular complexity index is 322. The number of nitrogens with one attached hydrogen (secondary N) is 1. The molecule has 0 saturated heterocycles. The summed E-state index contributed by atoms with van der Waals surface area (Å²) in [6.07, 6.45) is 9.59. The van der Waals surface area contributed by atoms with E-state index >= 15 is 0 Å². The Balaban J connectivity index is 4.40. The summed E-state index contributed by atoms with van der Waals surface area (Å²) in [6, 6.07) is 0.725. The fraction of sp³-hybridized carbons (Fsp3) is 0.824. The molecule has 0 rings (SSSR count). The molecule has 0 radical (unpaired) electrons. The van der Waals surface area contributed by atoms with Crippen molar-refractivity contribution in [1.29, 1.82) is 0 Å². The lowest BCUT2D eigenvalue weighted by atomic mass is 10.3. The smallest absolute Gasteiger partial charge is 0.373 e. The number of amides is 1. The van der Waals surface area contributed by atoms with Crippen molar-refractivity contribution in [2.45, 2.75) is 65.3 Å². The molecule has 23 heavy (non-hydrogen) atoms. The fourth-order valence-corrected chi connectivity index (χ4v) is 4.76. The zero-order valence-electron chi connectivity index (χ0n) is 15.0. The molecule has 0 aliphatic carbocycles. The van der Waals surface area contributed by atoms with Crippen LogP contribution in [-0.2, 0) is 18.1 Å². The van der Waals surface area contributed by atoms with Gasteiger partial charge in [0.2, 0.25) is 5.91 Å². The molecule has 0 atom stereocenters. The third kappa shape index (κ3) is 11.3. The number of rotatable bonds is 15. The molecule has 1 amide bonds. The third-order valence-electron chi connectivity index (χ3n) is 3.06. The van der Waals surface area contributed by atoms with Gasteiger partial charge in [0.25, 0.3) is 0 Å². The van der Waals surface area contributed by atoms with Crippen LogP contribution < -0.4 is 5.32 Å². The SMILES string of the molecule is C#CCCC(=O)NCCC[Si](OCCC)(OCCC)OCCC. The minimum absolute atomic E-state index is 0.00588. The molecule has 0 unspecified atom stereocenters. The quantitative estimate of drug-likeness (QED) is 0.282. The van der Waals surface area contributed by atoms with E-state index in [1.165, 1.54) is 0 Å². The molecule has 0 aromatic rings. The molecule has 0 aromatic heterocycles. The second kappa shape index (κ2) is 14.7. The minimum atomic E-state index is -2.64. The Hall–Kier alpha value is -0.873. The van der Waals surface area contributed by atoms with Crippen LogP contribution in [0.4, 0.5) is 0 Å². The summed E-state index contributed by atoms with van der Waals surface area (Å²) < 4.78 is 18.0. The molecule has 0 aromatic carbocycles. The molecule has 134 valence electrons. The summed E-state index contributed by atoms with van der Waals surface area (Å²) in [7, 11) is -2.64. The van der Waals surface area contributed by atoms with Gasteiger partial charge in [0.05, 0.1) is 0 Å². The first-order valence-corrected chi connectivity index (χ1v) is 10.7. The number of hydrogen-bond acceptors (Lipinski definition) is 4. The van der Waals surface area contributed by atoms with Gasteiger partial charge in [-0.1, -0.05) is 20.8 Å². The molecule has 5 nitrogen and oxygen atoms in total. The predicted molar refractivity (Wildman–Crippen MR) is 95.0 cm³/mol. The Kier molecular flexibility index (Phi) is 14.1. The molecule has 0 heterocycles. The number of carbonyl (C=O) groups is 1. The maximum Gasteiger partial charge on any atom is 0.501 e. The highest BCUT2D eigenvalue weighted by Gasteiger charge is 2.40. The average molecular weight is 344 g/mol. The normalized spacial score (nSPS) is 11.2. The van der Waals surface area contributed by atoms with Crippen molar-refractivity contribution < 1.29 is 18.1 Å². The number of hydrogen-bond donors (Lipinski definition) is 1. The van der Waals surface area contributed by atoms with E-state index < -0.39 is 8.80 Å². The van der Waals surface area contributed by atoms with Crippen molar-refractivity contribution in [3.05, 3.63) is 0 Å². The molecule has 0 aliphatic rings. The summed E-state index contributed by atoms with van der Waals surface area (Å²) >= 11 is 0. The van der Waals surface area contributed by atoms with Gasteiger partial charge in [-0.3, -0.25) is 4.79 Å². The van der Waals surface area contributed by atoms with Crippen LogP contribution in [0.15, 0.2) is 0 Å². The second-order valence-electron chi connectivity index (χ2n) is 5.39. The van der Waals surface area contributed by atoms with Gasteiger partial charge in [-0.2, -0.15) is 0 Å². The maximum absolute atomic E-state index is 11.6. The van der Waals surface area contributed by atoms with Crippen LogP contribution in [-0.4, -0.2) is 41.1 Å². The van der Waals surface area contributed by atoms with E-state index in [-0.39, 0.29) is 5.91 Å². The van der Waals surface area contributed by atoms with E-state index in [1.807, 2.05) is 0 Å². The van der Waals surface area contributed by atoms with Crippen molar-refractivity contribution >= 4 is 14.7 Å². The largest absolute Gasteiger partial charge is 0.501 e. The second-order valence-corrected chi connectivity index (χ2v) is 8.12. The molecule has 0 bridgehead atoms. The minimum Gasteiger partial charge on any atom is -0.373 e. The lowest BCUT2D eigenvalue weighted by molar-refractivity contribution is -0.120. The van der Waals surface area contributed by atoms with E-state index in [0.29, 0.717) is 39.2 Å². The topological polar surface area (TPSA) is 56.8 Å². The van der Waals surface area contributed by atoms with Gasteiger partial charge in [0, 0.05) is 45.3 Å². The van der Waals surface area contributed by atoms with Crippen molar-refractivity contribution in [1.82, 2.24) is 5.32 Å². The zero-order chi connectivity index (χ0) is 17.4. The Morgan fingerprint density at radius 2 is 1.57 bits per heavy atom. The molecule has 0 saturated carbocycles. The highest BCUT2D eigenvalue weighted by atomic mass is 28.4. The van der Waals surface area contributed by atoms with Crippen LogP contribution in [0.25, 0.3) is 0 Å². The Morgan fingerprint density at radius 3 is 2.00 bits per heavy atom. The number of terminal acetylenes is 1. The highest BCUT2D eigenvalue weighted by molar-refractivity contribution is 6.60. The summed E-state index contributed by atoms with van der Waals surface area (Å²) in [6.45, 7) is 8.76. The summed E-state index contributed by atoms with van der Waals surface area (Å²) in [5, 5.41) is 2.88. The Labute approximate surface area is 142 Å². The van der Waals surface area contributed by atoms with Gasteiger partial charge in [-0.25, -0.2) is 0 Å². The molecule has 1 N–H and O–H groups in total. The summed E-state index contributed by atoms with van der Waals surface area (Å²) in [5.41, 5.74) is 0. The van der Waals surface area contributed by atoms with Gasteiger partial charge in [0.15, 0.2) is 0 Å². The molecule has 0 aliphatic heterocycles.